The maximum atomic E-state index is 3.63. The lowest BCUT2D eigenvalue weighted by molar-refractivity contribution is 0.0860. The van der Waals surface area contributed by atoms with Crippen LogP contribution in [0.5, 0.6) is 0 Å². The zero-order chi connectivity index (χ0) is 13.0. The summed E-state index contributed by atoms with van der Waals surface area (Å²) in [6, 6.07) is 1.28. The van der Waals surface area contributed by atoms with Crippen molar-refractivity contribution >= 4 is 0 Å². The van der Waals surface area contributed by atoms with Crippen molar-refractivity contribution in [3.05, 3.63) is 0 Å². The fourth-order valence-electron chi connectivity index (χ4n) is 2.88. The van der Waals surface area contributed by atoms with Crippen LogP contribution in [0.2, 0.25) is 0 Å². The van der Waals surface area contributed by atoms with Gasteiger partial charge < -0.3 is 10.2 Å². The molecule has 0 aromatic heterocycles. The van der Waals surface area contributed by atoms with Gasteiger partial charge in [-0.2, -0.15) is 0 Å². The molecule has 1 heterocycles. The van der Waals surface area contributed by atoms with E-state index in [9.17, 15) is 0 Å². The molecule has 0 bridgehead atoms. The molecule has 1 aliphatic heterocycles. The molecule has 1 aliphatic carbocycles. The monoisotopic (exact) mass is 253 g/mol. The minimum absolute atomic E-state index is 0.611. The molecule has 0 aromatic carbocycles. The second-order valence-corrected chi connectivity index (χ2v) is 6.26. The van der Waals surface area contributed by atoms with Crippen LogP contribution in [0.1, 0.15) is 40.0 Å². The van der Waals surface area contributed by atoms with Crippen LogP contribution in [0.3, 0.4) is 0 Å². The fourth-order valence-corrected chi connectivity index (χ4v) is 2.88. The van der Waals surface area contributed by atoms with E-state index in [0.717, 1.165) is 12.5 Å². The standard InChI is InChI=1S/C15H31N3/c1-4-7-16-13(2)14(3)18-10-8-17(9-11-18)12-15-5-6-15/h13-16H,4-12H2,1-3H3. The Bertz CT molecular complexity index is 232. The van der Waals surface area contributed by atoms with E-state index in [-0.39, 0.29) is 0 Å². The Balaban J connectivity index is 1.67. The van der Waals surface area contributed by atoms with Crippen LogP contribution < -0.4 is 5.32 Å². The van der Waals surface area contributed by atoms with Crippen molar-refractivity contribution in [1.29, 1.82) is 0 Å². The third kappa shape index (κ3) is 4.22. The summed E-state index contributed by atoms with van der Waals surface area (Å²) in [6.07, 6.45) is 4.19. The van der Waals surface area contributed by atoms with Gasteiger partial charge in [-0.25, -0.2) is 0 Å². The Kier molecular flexibility index (Phi) is 5.46. The Morgan fingerprint density at radius 2 is 1.78 bits per heavy atom. The molecule has 1 saturated heterocycles. The molecule has 0 spiro atoms. The highest BCUT2D eigenvalue weighted by molar-refractivity contribution is 4.84. The van der Waals surface area contributed by atoms with Gasteiger partial charge in [-0.3, -0.25) is 4.90 Å². The number of rotatable bonds is 7. The summed E-state index contributed by atoms with van der Waals surface area (Å²) in [4.78, 5) is 5.34. The minimum Gasteiger partial charge on any atom is -0.313 e. The summed E-state index contributed by atoms with van der Waals surface area (Å²) in [5, 5.41) is 3.63. The molecule has 0 aromatic rings. The molecule has 3 heteroatoms. The summed E-state index contributed by atoms with van der Waals surface area (Å²) in [5.74, 6) is 1.04. The Morgan fingerprint density at radius 1 is 1.11 bits per heavy atom. The van der Waals surface area contributed by atoms with Gasteiger partial charge in [-0.05, 0) is 45.6 Å². The van der Waals surface area contributed by atoms with Gasteiger partial charge in [0.1, 0.15) is 0 Å². The van der Waals surface area contributed by atoms with Crippen LogP contribution in [0.15, 0.2) is 0 Å². The van der Waals surface area contributed by atoms with Crippen molar-refractivity contribution < 1.29 is 0 Å². The van der Waals surface area contributed by atoms with E-state index < -0.39 is 0 Å². The molecule has 1 saturated carbocycles. The average Bonchev–Trinajstić information content (AvgIpc) is 3.20. The molecule has 0 radical (unpaired) electrons. The first-order chi connectivity index (χ1) is 8.70. The predicted molar refractivity (Wildman–Crippen MR) is 78.0 cm³/mol. The van der Waals surface area contributed by atoms with E-state index in [2.05, 4.69) is 35.9 Å². The van der Waals surface area contributed by atoms with Crippen LogP contribution in [0.25, 0.3) is 0 Å². The SMILES string of the molecule is CCCNC(C)C(C)N1CCN(CC2CC2)CC1. The molecule has 18 heavy (non-hydrogen) atoms. The average molecular weight is 253 g/mol. The molecular formula is C15H31N3. The van der Waals surface area contributed by atoms with Crippen molar-refractivity contribution in [2.24, 2.45) is 5.92 Å². The highest BCUT2D eigenvalue weighted by Gasteiger charge is 2.28. The number of nitrogens with one attached hydrogen (secondary N) is 1. The Morgan fingerprint density at radius 3 is 2.33 bits per heavy atom. The van der Waals surface area contributed by atoms with Gasteiger partial charge in [0.15, 0.2) is 0 Å². The second kappa shape index (κ2) is 6.88. The minimum atomic E-state index is 0.611. The first kappa shape index (κ1) is 14.3. The molecule has 0 amide bonds. The first-order valence-electron chi connectivity index (χ1n) is 7.90. The van der Waals surface area contributed by atoms with E-state index in [4.69, 9.17) is 0 Å². The van der Waals surface area contributed by atoms with E-state index in [1.165, 1.54) is 52.0 Å². The zero-order valence-corrected chi connectivity index (χ0v) is 12.5. The zero-order valence-electron chi connectivity index (χ0n) is 12.5. The van der Waals surface area contributed by atoms with Crippen LogP contribution in [0.4, 0.5) is 0 Å². The van der Waals surface area contributed by atoms with Gasteiger partial charge in [0.2, 0.25) is 0 Å². The van der Waals surface area contributed by atoms with Gasteiger partial charge in [-0.1, -0.05) is 6.92 Å². The lowest BCUT2D eigenvalue weighted by Crippen LogP contribution is -2.55. The second-order valence-electron chi connectivity index (χ2n) is 6.26. The normalized spacial score (nSPS) is 26.2. The summed E-state index contributed by atoms with van der Waals surface area (Å²) < 4.78 is 0. The quantitative estimate of drug-likeness (QED) is 0.746. The molecule has 2 fully saturated rings. The summed E-state index contributed by atoms with van der Waals surface area (Å²) in [6.45, 7) is 14.5. The van der Waals surface area contributed by atoms with Crippen molar-refractivity contribution in [3.8, 4) is 0 Å². The number of hydrogen-bond acceptors (Lipinski definition) is 3. The summed E-state index contributed by atoms with van der Waals surface area (Å²) in [7, 11) is 0. The summed E-state index contributed by atoms with van der Waals surface area (Å²) in [5.41, 5.74) is 0. The predicted octanol–water partition coefficient (Wildman–Crippen LogP) is 1.79. The molecule has 1 N–H and O–H groups in total. The van der Waals surface area contributed by atoms with Crippen LogP contribution >= 0.6 is 0 Å². The third-order valence-electron chi connectivity index (χ3n) is 4.64. The van der Waals surface area contributed by atoms with E-state index >= 15 is 0 Å². The van der Waals surface area contributed by atoms with Crippen molar-refractivity contribution in [3.63, 3.8) is 0 Å². The lowest BCUT2D eigenvalue weighted by atomic mass is 10.1. The molecule has 2 aliphatic rings. The molecule has 2 rings (SSSR count). The van der Waals surface area contributed by atoms with Gasteiger partial charge in [0, 0.05) is 44.8 Å². The van der Waals surface area contributed by atoms with Crippen LogP contribution in [0, 0.1) is 5.92 Å². The third-order valence-corrected chi connectivity index (χ3v) is 4.64. The lowest BCUT2D eigenvalue weighted by Gasteiger charge is -2.40. The molecule has 2 unspecified atom stereocenters. The number of piperazine rings is 1. The highest BCUT2D eigenvalue weighted by atomic mass is 15.3. The Labute approximate surface area is 113 Å². The van der Waals surface area contributed by atoms with Crippen LogP contribution in [-0.2, 0) is 0 Å². The smallest absolute Gasteiger partial charge is 0.0219 e. The van der Waals surface area contributed by atoms with Crippen LogP contribution in [-0.4, -0.2) is 61.2 Å². The number of nitrogens with zero attached hydrogens (tertiary/aromatic N) is 2. The van der Waals surface area contributed by atoms with E-state index in [0.29, 0.717) is 12.1 Å². The van der Waals surface area contributed by atoms with Crippen molar-refractivity contribution in [2.75, 3.05) is 39.3 Å². The number of hydrogen-bond donors (Lipinski definition) is 1. The first-order valence-corrected chi connectivity index (χ1v) is 7.90. The van der Waals surface area contributed by atoms with Gasteiger partial charge in [0.25, 0.3) is 0 Å². The molecule has 2 atom stereocenters. The highest BCUT2D eigenvalue weighted by Crippen LogP contribution is 2.30. The maximum absolute atomic E-state index is 3.63. The maximum Gasteiger partial charge on any atom is 0.0219 e. The molecule has 106 valence electrons. The molecule has 3 nitrogen and oxygen atoms in total. The van der Waals surface area contributed by atoms with Gasteiger partial charge in [-0.15, -0.1) is 0 Å². The fraction of sp³-hybridized carbons (Fsp3) is 1.00. The van der Waals surface area contributed by atoms with Crippen molar-refractivity contribution in [1.82, 2.24) is 15.1 Å². The van der Waals surface area contributed by atoms with E-state index in [1.54, 1.807) is 0 Å². The molecular weight excluding hydrogens is 222 g/mol. The Hall–Kier alpha value is -0.120. The summed E-state index contributed by atoms with van der Waals surface area (Å²) >= 11 is 0. The van der Waals surface area contributed by atoms with E-state index in [1.807, 2.05) is 0 Å². The largest absolute Gasteiger partial charge is 0.313 e. The van der Waals surface area contributed by atoms with Gasteiger partial charge >= 0.3 is 0 Å². The van der Waals surface area contributed by atoms with Crippen molar-refractivity contribution in [2.45, 2.75) is 52.1 Å². The topological polar surface area (TPSA) is 18.5 Å². The van der Waals surface area contributed by atoms with Gasteiger partial charge in [0.05, 0.1) is 0 Å².